The third-order valence-electron chi connectivity index (χ3n) is 2.07. The Balaban J connectivity index is 2.48. The molecule has 0 atom stereocenters. The molecule has 4 heteroatoms. The highest BCUT2D eigenvalue weighted by molar-refractivity contribution is 5.93. The van der Waals surface area contributed by atoms with Gasteiger partial charge in [0.05, 0.1) is 17.6 Å². The van der Waals surface area contributed by atoms with Crippen molar-refractivity contribution < 1.29 is 4.79 Å². The van der Waals surface area contributed by atoms with E-state index in [-0.39, 0.29) is 5.91 Å². The van der Waals surface area contributed by atoms with Crippen LogP contribution in [-0.2, 0) is 4.79 Å². The van der Waals surface area contributed by atoms with Crippen LogP contribution in [0.4, 0.5) is 11.4 Å². The lowest BCUT2D eigenvalue weighted by Crippen LogP contribution is -2.13. The molecule has 15 heavy (non-hydrogen) atoms. The average molecular weight is 207 g/mol. The van der Waals surface area contributed by atoms with Gasteiger partial charge < -0.3 is 11.1 Å². The van der Waals surface area contributed by atoms with Crippen molar-refractivity contribution in [3.05, 3.63) is 18.5 Å². The Morgan fingerprint density at radius 2 is 2.33 bits per heavy atom. The molecule has 0 aromatic carbocycles. The second kappa shape index (κ2) is 5.34. The molecule has 1 rings (SSSR count). The van der Waals surface area contributed by atoms with Gasteiger partial charge in [0.25, 0.3) is 0 Å². The van der Waals surface area contributed by atoms with Crippen LogP contribution < -0.4 is 11.1 Å². The first-order chi connectivity index (χ1) is 7.09. The van der Waals surface area contributed by atoms with Crippen molar-refractivity contribution in [1.29, 1.82) is 0 Å². The van der Waals surface area contributed by atoms with E-state index >= 15 is 0 Å². The van der Waals surface area contributed by atoms with Crippen LogP contribution in [0.15, 0.2) is 18.5 Å². The summed E-state index contributed by atoms with van der Waals surface area (Å²) in [7, 11) is 0. The number of nitrogens with zero attached hydrogens (tertiary/aromatic N) is 1. The number of hydrogen-bond donors (Lipinski definition) is 2. The number of nitrogen functional groups attached to an aromatic ring is 1. The maximum Gasteiger partial charge on any atom is 0.224 e. The van der Waals surface area contributed by atoms with E-state index in [1.807, 2.05) is 0 Å². The van der Waals surface area contributed by atoms with Crippen molar-refractivity contribution in [3.8, 4) is 0 Å². The number of pyridine rings is 1. The minimum atomic E-state index is 0.00148. The number of rotatable bonds is 4. The van der Waals surface area contributed by atoms with Crippen LogP contribution in [0.25, 0.3) is 0 Å². The predicted molar refractivity (Wildman–Crippen MR) is 61.4 cm³/mol. The van der Waals surface area contributed by atoms with Crippen LogP contribution in [0, 0.1) is 5.92 Å². The van der Waals surface area contributed by atoms with Crippen LogP contribution in [0.1, 0.15) is 26.7 Å². The number of carbonyl (C=O) groups is 1. The van der Waals surface area contributed by atoms with Gasteiger partial charge in [-0.05, 0) is 18.4 Å². The number of nitrogens with one attached hydrogen (secondary N) is 1. The van der Waals surface area contributed by atoms with Crippen LogP contribution >= 0.6 is 0 Å². The topological polar surface area (TPSA) is 68.0 Å². The Morgan fingerprint density at radius 3 is 2.93 bits per heavy atom. The maximum absolute atomic E-state index is 11.5. The number of amides is 1. The molecule has 0 bridgehead atoms. The number of nitrogens with two attached hydrogens (primary N) is 1. The zero-order chi connectivity index (χ0) is 11.3. The molecule has 1 aromatic rings. The fourth-order valence-electron chi connectivity index (χ4n) is 1.15. The van der Waals surface area contributed by atoms with Gasteiger partial charge in [-0.3, -0.25) is 9.78 Å². The van der Waals surface area contributed by atoms with Crippen molar-refractivity contribution in [1.82, 2.24) is 4.98 Å². The van der Waals surface area contributed by atoms with Crippen LogP contribution in [0.3, 0.4) is 0 Å². The minimum absolute atomic E-state index is 0.00148. The third kappa shape index (κ3) is 3.97. The molecule has 0 unspecified atom stereocenters. The van der Waals surface area contributed by atoms with Gasteiger partial charge in [0, 0.05) is 12.6 Å². The largest absolute Gasteiger partial charge is 0.396 e. The number of hydrogen-bond acceptors (Lipinski definition) is 3. The monoisotopic (exact) mass is 207 g/mol. The molecule has 1 heterocycles. The van der Waals surface area contributed by atoms with E-state index in [9.17, 15) is 4.79 Å². The third-order valence-corrected chi connectivity index (χ3v) is 2.07. The highest BCUT2D eigenvalue weighted by Gasteiger charge is 2.05. The van der Waals surface area contributed by atoms with Gasteiger partial charge in [0.15, 0.2) is 0 Å². The van der Waals surface area contributed by atoms with Crippen LogP contribution in [0.2, 0.25) is 0 Å². The SMILES string of the molecule is CC(C)CCC(=O)Nc1ccncc1N. The summed E-state index contributed by atoms with van der Waals surface area (Å²) in [5, 5.41) is 2.76. The average Bonchev–Trinajstić information content (AvgIpc) is 2.18. The molecule has 0 radical (unpaired) electrons. The fraction of sp³-hybridized carbons (Fsp3) is 0.455. The molecule has 4 nitrogen and oxygen atoms in total. The normalized spacial score (nSPS) is 10.3. The molecule has 0 saturated carbocycles. The first-order valence-electron chi connectivity index (χ1n) is 5.09. The Bertz CT molecular complexity index is 336. The molecule has 3 N–H and O–H groups in total. The van der Waals surface area contributed by atoms with E-state index in [4.69, 9.17) is 5.73 Å². The maximum atomic E-state index is 11.5. The summed E-state index contributed by atoms with van der Waals surface area (Å²) in [5.74, 6) is 0.534. The summed E-state index contributed by atoms with van der Waals surface area (Å²) in [6.07, 6.45) is 4.54. The summed E-state index contributed by atoms with van der Waals surface area (Å²) < 4.78 is 0. The Hall–Kier alpha value is -1.58. The molecular formula is C11H17N3O. The van der Waals surface area contributed by atoms with Gasteiger partial charge in [0.1, 0.15) is 0 Å². The lowest BCUT2D eigenvalue weighted by molar-refractivity contribution is -0.116. The van der Waals surface area contributed by atoms with Crippen molar-refractivity contribution in [2.45, 2.75) is 26.7 Å². The number of carbonyl (C=O) groups excluding carboxylic acids is 1. The zero-order valence-corrected chi connectivity index (χ0v) is 9.16. The fourth-order valence-corrected chi connectivity index (χ4v) is 1.15. The molecule has 0 spiro atoms. The van der Waals surface area contributed by atoms with Gasteiger partial charge in [-0.15, -0.1) is 0 Å². The molecule has 0 aliphatic carbocycles. The summed E-state index contributed by atoms with van der Waals surface area (Å²) in [5.41, 5.74) is 6.78. The lowest BCUT2D eigenvalue weighted by atomic mass is 10.1. The molecule has 0 aliphatic heterocycles. The van der Waals surface area contributed by atoms with Crippen LogP contribution in [-0.4, -0.2) is 10.9 Å². The Kier molecular flexibility index (Phi) is 4.09. The Labute approximate surface area is 89.9 Å². The van der Waals surface area contributed by atoms with Crippen molar-refractivity contribution in [2.75, 3.05) is 11.1 Å². The van der Waals surface area contributed by atoms with Crippen LogP contribution in [0.5, 0.6) is 0 Å². The van der Waals surface area contributed by atoms with Crippen molar-refractivity contribution in [3.63, 3.8) is 0 Å². The summed E-state index contributed by atoms with van der Waals surface area (Å²) in [6.45, 7) is 4.18. The summed E-state index contributed by atoms with van der Waals surface area (Å²) >= 11 is 0. The lowest BCUT2D eigenvalue weighted by Gasteiger charge is -2.08. The second-order valence-electron chi connectivity index (χ2n) is 3.94. The van der Waals surface area contributed by atoms with Gasteiger partial charge in [0.2, 0.25) is 5.91 Å². The standard InChI is InChI=1S/C11H17N3O/c1-8(2)3-4-11(15)14-10-5-6-13-7-9(10)12/h5-8H,3-4,12H2,1-2H3,(H,13,14,15). The highest BCUT2D eigenvalue weighted by Crippen LogP contribution is 2.16. The van der Waals surface area contributed by atoms with E-state index in [0.717, 1.165) is 6.42 Å². The zero-order valence-electron chi connectivity index (χ0n) is 9.16. The molecular weight excluding hydrogens is 190 g/mol. The summed E-state index contributed by atoms with van der Waals surface area (Å²) in [6, 6.07) is 1.70. The molecule has 0 saturated heterocycles. The smallest absolute Gasteiger partial charge is 0.224 e. The van der Waals surface area contributed by atoms with Gasteiger partial charge >= 0.3 is 0 Å². The Morgan fingerprint density at radius 1 is 1.60 bits per heavy atom. The molecule has 1 amide bonds. The van der Waals surface area contributed by atoms with E-state index in [1.165, 1.54) is 6.20 Å². The first-order valence-corrected chi connectivity index (χ1v) is 5.09. The summed E-state index contributed by atoms with van der Waals surface area (Å²) in [4.78, 5) is 15.3. The molecule has 82 valence electrons. The van der Waals surface area contributed by atoms with E-state index in [0.29, 0.717) is 23.7 Å². The van der Waals surface area contributed by atoms with E-state index < -0.39 is 0 Å². The van der Waals surface area contributed by atoms with Gasteiger partial charge in [-0.1, -0.05) is 13.8 Å². The van der Waals surface area contributed by atoms with Crippen molar-refractivity contribution in [2.24, 2.45) is 5.92 Å². The van der Waals surface area contributed by atoms with Gasteiger partial charge in [-0.25, -0.2) is 0 Å². The molecule has 0 aliphatic rings. The highest BCUT2D eigenvalue weighted by atomic mass is 16.1. The molecule has 0 fully saturated rings. The van der Waals surface area contributed by atoms with E-state index in [1.54, 1.807) is 12.3 Å². The van der Waals surface area contributed by atoms with Gasteiger partial charge in [-0.2, -0.15) is 0 Å². The molecule has 1 aromatic heterocycles. The first kappa shape index (κ1) is 11.5. The van der Waals surface area contributed by atoms with Crippen molar-refractivity contribution >= 4 is 17.3 Å². The second-order valence-corrected chi connectivity index (χ2v) is 3.94. The number of aromatic nitrogens is 1. The minimum Gasteiger partial charge on any atom is -0.396 e. The van der Waals surface area contributed by atoms with E-state index in [2.05, 4.69) is 24.1 Å². The quantitative estimate of drug-likeness (QED) is 0.793. The predicted octanol–water partition coefficient (Wildman–Crippen LogP) is 2.04. The number of anilines is 2.